The number of hydrogen-bond donors (Lipinski definition) is 1. The van der Waals surface area contributed by atoms with Crippen molar-refractivity contribution in [2.24, 2.45) is 7.05 Å². The van der Waals surface area contributed by atoms with E-state index in [1.165, 1.54) is 56.2 Å². The van der Waals surface area contributed by atoms with Gasteiger partial charge in [0.15, 0.2) is 5.58 Å². The van der Waals surface area contributed by atoms with E-state index in [9.17, 15) is 13.2 Å². The van der Waals surface area contributed by atoms with Gasteiger partial charge in [0.1, 0.15) is 16.4 Å². The molecule has 0 bridgehead atoms. The molecule has 0 spiro atoms. The van der Waals surface area contributed by atoms with Gasteiger partial charge in [-0.15, -0.1) is 0 Å². The molecule has 0 aliphatic heterocycles. The van der Waals surface area contributed by atoms with E-state index >= 15 is 0 Å². The van der Waals surface area contributed by atoms with E-state index in [2.05, 4.69) is 4.72 Å². The smallest absolute Gasteiger partial charge is 0.419 e. The summed E-state index contributed by atoms with van der Waals surface area (Å²) >= 11 is 0. The number of anilines is 1. The Morgan fingerprint density at radius 3 is 2.52 bits per heavy atom. The van der Waals surface area contributed by atoms with E-state index in [1.807, 2.05) is 0 Å². The molecule has 25 heavy (non-hydrogen) atoms. The summed E-state index contributed by atoms with van der Waals surface area (Å²) in [6, 6.07) is 9.03. The largest absolute Gasteiger partial charge is 0.497 e. The lowest BCUT2D eigenvalue weighted by atomic mass is 10.3. The van der Waals surface area contributed by atoms with Crippen molar-refractivity contribution in [1.82, 2.24) is 4.57 Å². The molecule has 2 aromatic carbocycles. The van der Waals surface area contributed by atoms with Crippen LogP contribution in [0.4, 0.5) is 5.69 Å². The molecule has 0 aliphatic rings. The summed E-state index contributed by atoms with van der Waals surface area (Å²) in [7, 11) is 0.429. The minimum absolute atomic E-state index is 0.0597. The van der Waals surface area contributed by atoms with Crippen molar-refractivity contribution in [2.45, 2.75) is 4.90 Å². The zero-order valence-electron chi connectivity index (χ0n) is 13.8. The maximum atomic E-state index is 12.7. The van der Waals surface area contributed by atoms with Crippen molar-refractivity contribution in [1.29, 1.82) is 0 Å². The quantitative estimate of drug-likeness (QED) is 0.743. The van der Waals surface area contributed by atoms with Gasteiger partial charge in [0.25, 0.3) is 10.0 Å². The van der Waals surface area contributed by atoms with Gasteiger partial charge in [-0.3, -0.25) is 9.29 Å². The molecule has 0 atom stereocenters. The number of methoxy groups -OCH3 is 2. The lowest BCUT2D eigenvalue weighted by Crippen LogP contribution is -2.14. The van der Waals surface area contributed by atoms with E-state index < -0.39 is 15.8 Å². The fraction of sp³-hybridized carbons (Fsp3) is 0.188. The molecular formula is C16H16N2O6S. The van der Waals surface area contributed by atoms with Crippen LogP contribution in [0.3, 0.4) is 0 Å². The van der Waals surface area contributed by atoms with Crippen molar-refractivity contribution in [3.63, 3.8) is 0 Å². The van der Waals surface area contributed by atoms with Crippen molar-refractivity contribution >= 4 is 26.8 Å². The van der Waals surface area contributed by atoms with Crippen LogP contribution >= 0.6 is 0 Å². The summed E-state index contributed by atoms with van der Waals surface area (Å²) in [5.74, 6) is 0.0448. The summed E-state index contributed by atoms with van der Waals surface area (Å²) in [5, 5.41) is 0. The normalized spacial score (nSPS) is 11.5. The number of benzene rings is 2. The van der Waals surface area contributed by atoms with Crippen LogP contribution < -0.4 is 20.0 Å². The lowest BCUT2D eigenvalue weighted by Gasteiger charge is -2.13. The number of hydrogen-bond acceptors (Lipinski definition) is 6. The maximum absolute atomic E-state index is 12.7. The summed E-state index contributed by atoms with van der Waals surface area (Å²) < 4.78 is 44.5. The van der Waals surface area contributed by atoms with Gasteiger partial charge in [-0.1, -0.05) is 0 Å². The molecule has 0 amide bonds. The third-order valence-corrected chi connectivity index (χ3v) is 5.11. The number of oxazole rings is 1. The zero-order chi connectivity index (χ0) is 18.2. The van der Waals surface area contributed by atoms with E-state index in [0.717, 1.165) is 0 Å². The van der Waals surface area contributed by atoms with Gasteiger partial charge in [0.2, 0.25) is 0 Å². The van der Waals surface area contributed by atoms with Crippen LogP contribution in [-0.4, -0.2) is 27.2 Å². The van der Waals surface area contributed by atoms with Gasteiger partial charge < -0.3 is 13.9 Å². The second kappa shape index (κ2) is 6.17. The standard InChI is InChI=1S/C16H16N2O6S/c1-18-12-8-10(4-6-13(12)24-16(18)19)17-25(20,21)15-9-11(22-2)5-7-14(15)23-3/h4-9,17H,1-3H3. The second-order valence-electron chi connectivity index (χ2n) is 5.23. The van der Waals surface area contributed by atoms with Crippen molar-refractivity contribution in [2.75, 3.05) is 18.9 Å². The maximum Gasteiger partial charge on any atom is 0.419 e. The third kappa shape index (κ3) is 3.05. The predicted octanol–water partition coefficient (Wildman–Crippen LogP) is 1.95. The molecule has 0 saturated heterocycles. The molecule has 0 unspecified atom stereocenters. The van der Waals surface area contributed by atoms with Gasteiger partial charge in [-0.25, -0.2) is 13.2 Å². The average molecular weight is 364 g/mol. The number of aromatic nitrogens is 1. The Kier molecular flexibility index (Phi) is 4.17. The molecule has 0 fully saturated rings. The van der Waals surface area contributed by atoms with E-state index in [4.69, 9.17) is 13.9 Å². The number of ether oxygens (including phenoxy) is 2. The lowest BCUT2D eigenvalue weighted by molar-refractivity contribution is 0.392. The minimum atomic E-state index is -3.94. The monoisotopic (exact) mass is 364 g/mol. The molecule has 3 aromatic rings. The number of sulfonamides is 1. The number of nitrogens with one attached hydrogen (secondary N) is 1. The molecule has 0 saturated carbocycles. The first-order valence-corrected chi connectivity index (χ1v) is 8.68. The van der Waals surface area contributed by atoms with Crippen LogP contribution in [0.2, 0.25) is 0 Å². The van der Waals surface area contributed by atoms with Crippen molar-refractivity contribution in [3.8, 4) is 11.5 Å². The predicted molar refractivity (Wildman–Crippen MR) is 91.8 cm³/mol. The molecule has 9 heteroatoms. The van der Waals surface area contributed by atoms with Crippen LogP contribution in [0.1, 0.15) is 0 Å². The van der Waals surface area contributed by atoms with Gasteiger partial charge in [-0.2, -0.15) is 0 Å². The molecule has 1 aromatic heterocycles. The van der Waals surface area contributed by atoms with Gasteiger partial charge in [-0.05, 0) is 30.3 Å². The minimum Gasteiger partial charge on any atom is -0.497 e. The molecule has 8 nitrogen and oxygen atoms in total. The third-order valence-electron chi connectivity index (χ3n) is 3.70. The highest BCUT2D eigenvalue weighted by atomic mass is 32.2. The SMILES string of the molecule is COc1ccc(OC)c(S(=O)(=O)Nc2ccc3oc(=O)n(C)c3c2)c1. The molecule has 3 rings (SSSR count). The average Bonchev–Trinajstić information content (AvgIpc) is 2.88. The molecule has 0 aliphatic carbocycles. The van der Waals surface area contributed by atoms with Crippen LogP contribution in [0, 0.1) is 0 Å². The summed E-state index contributed by atoms with van der Waals surface area (Å²) in [6.07, 6.45) is 0. The van der Waals surface area contributed by atoms with E-state index in [1.54, 1.807) is 6.07 Å². The van der Waals surface area contributed by atoms with Crippen LogP contribution in [0.15, 0.2) is 50.5 Å². The van der Waals surface area contributed by atoms with Crippen molar-refractivity contribution < 1.29 is 22.3 Å². The Bertz CT molecular complexity index is 1100. The first-order chi connectivity index (χ1) is 11.9. The molecule has 132 valence electrons. The number of rotatable bonds is 5. The first kappa shape index (κ1) is 16.9. The topological polar surface area (TPSA) is 99.8 Å². The Morgan fingerprint density at radius 2 is 1.84 bits per heavy atom. The second-order valence-corrected chi connectivity index (χ2v) is 6.88. The highest BCUT2D eigenvalue weighted by molar-refractivity contribution is 7.92. The van der Waals surface area contributed by atoms with Crippen LogP contribution in [0.5, 0.6) is 11.5 Å². The number of fused-ring (bicyclic) bond motifs is 1. The Labute approximate surface area is 143 Å². The van der Waals surface area contributed by atoms with Gasteiger partial charge in [0, 0.05) is 13.1 Å². The molecule has 1 N–H and O–H groups in total. The van der Waals surface area contributed by atoms with E-state index in [0.29, 0.717) is 16.8 Å². The van der Waals surface area contributed by atoms with Crippen LogP contribution in [-0.2, 0) is 17.1 Å². The van der Waals surface area contributed by atoms with Gasteiger partial charge >= 0.3 is 5.76 Å². The Balaban J connectivity index is 2.04. The molecular weight excluding hydrogens is 348 g/mol. The summed E-state index contributed by atoms with van der Waals surface area (Å²) in [5.41, 5.74) is 1.13. The molecule has 0 radical (unpaired) electrons. The highest BCUT2D eigenvalue weighted by Gasteiger charge is 2.21. The Hall–Kier alpha value is -2.94. The van der Waals surface area contributed by atoms with E-state index in [-0.39, 0.29) is 16.3 Å². The summed E-state index contributed by atoms with van der Waals surface area (Å²) in [4.78, 5) is 11.5. The first-order valence-electron chi connectivity index (χ1n) is 7.20. The number of aryl methyl sites for hydroxylation is 1. The van der Waals surface area contributed by atoms with Crippen LogP contribution in [0.25, 0.3) is 11.1 Å². The Morgan fingerprint density at radius 1 is 1.08 bits per heavy atom. The summed E-state index contributed by atoms with van der Waals surface area (Å²) in [6.45, 7) is 0. The highest BCUT2D eigenvalue weighted by Crippen LogP contribution is 2.30. The van der Waals surface area contributed by atoms with Crippen molar-refractivity contribution in [3.05, 3.63) is 46.9 Å². The zero-order valence-corrected chi connectivity index (χ0v) is 14.6. The fourth-order valence-corrected chi connectivity index (χ4v) is 3.63. The number of nitrogens with zero attached hydrogens (tertiary/aromatic N) is 1. The van der Waals surface area contributed by atoms with Gasteiger partial charge in [0.05, 0.1) is 25.4 Å². The fourth-order valence-electron chi connectivity index (χ4n) is 2.39. The molecule has 1 heterocycles.